The van der Waals surface area contributed by atoms with Crippen LogP contribution in [0.5, 0.6) is 0 Å². The number of hydrogen-bond donors (Lipinski definition) is 1. The van der Waals surface area contributed by atoms with Crippen molar-refractivity contribution in [3.8, 4) is 0 Å². The van der Waals surface area contributed by atoms with Gasteiger partial charge in [0, 0.05) is 19.1 Å². The number of carbonyl (C=O) groups excluding carboxylic acids is 1. The molecule has 2 saturated carbocycles. The van der Waals surface area contributed by atoms with Gasteiger partial charge in [0.2, 0.25) is 5.91 Å². The quantitative estimate of drug-likeness (QED) is 0.839. The number of carbonyl (C=O) groups is 1. The van der Waals surface area contributed by atoms with Crippen molar-refractivity contribution in [2.75, 3.05) is 13.1 Å². The summed E-state index contributed by atoms with van der Waals surface area (Å²) in [6, 6.07) is 0.388. The van der Waals surface area contributed by atoms with Crippen LogP contribution in [0.25, 0.3) is 0 Å². The number of nitrogens with one attached hydrogen (secondary N) is 1. The molecule has 0 spiro atoms. The van der Waals surface area contributed by atoms with E-state index in [4.69, 9.17) is 0 Å². The lowest BCUT2D eigenvalue weighted by atomic mass is 9.68. The van der Waals surface area contributed by atoms with Gasteiger partial charge >= 0.3 is 0 Å². The summed E-state index contributed by atoms with van der Waals surface area (Å²) in [4.78, 5) is 14.4. The highest BCUT2D eigenvalue weighted by Crippen LogP contribution is 2.62. The first-order chi connectivity index (χ1) is 9.26. The Hall–Kier alpha value is -0.570. The topological polar surface area (TPSA) is 32.3 Å². The zero-order valence-corrected chi connectivity index (χ0v) is 14.1. The van der Waals surface area contributed by atoms with Gasteiger partial charge < -0.3 is 10.2 Å². The normalized spacial score (nSPS) is 36.1. The lowest BCUT2D eigenvalue weighted by molar-refractivity contribution is -0.133. The standard InChI is InChI=1S/C17H32N2O/c1-7-19(8-2)14(20)12(3)18-15-16(4,5)13-9-10-17(15,6)11-13/h12-13,15,18H,7-11H2,1-6H3/t12?,13-,15?,17+/m0/s1. The van der Waals surface area contributed by atoms with Crippen LogP contribution in [-0.4, -0.2) is 36.0 Å². The zero-order valence-electron chi connectivity index (χ0n) is 14.1. The van der Waals surface area contributed by atoms with Crippen molar-refractivity contribution in [2.45, 2.75) is 72.9 Å². The van der Waals surface area contributed by atoms with Crippen LogP contribution in [0.15, 0.2) is 0 Å². The van der Waals surface area contributed by atoms with E-state index in [9.17, 15) is 4.79 Å². The molecule has 2 aliphatic rings. The number of rotatable bonds is 5. The van der Waals surface area contributed by atoms with Gasteiger partial charge in [-0.1, -0.05) is 20.8 Å². The van der Waals surface area contributed by atoms with Crippen molar-refractivity contribution >= 4 is 5.91 Å². The Morgan fingerprint density at radius 3 is 2.35 bits per heavy atom. The molecule has 2 unspecified atom stereocenters. The van der Waals surface area contributed by atoms with Gasteiger partial charge in [0.1, 0.15) is 0 Å². The molecule has 2 aliphatic carbocycles. The number of nitrogens with zero attached hydrogens (tertiary/aromatic N) is 1. The molecule has 0 aliphatic heterocycles. The van der Waals surface area contributed by atoms with Crippen LogP contribution in [0.3, 0.4) is 0 Å². The van der Waals surface area contributed by atoms with Crippen LogP contribution in [0.2, 0.25) is 0 Å². The fourth-order valence-corrected chi connectivity index (χ4v) is 4.85. The number of amides is 1. The second-order valence-electron chi connectivity index (χ2n) is 7.75. The minimum Gasteiger partial charge on any atom is -0.342 e. The Morgan fingerprint density at radius 1 is 1.30 bits per heavy atom. The molecular formula is C17H32N2O. The maximum atomic E-state index is 12.5. The summed E-state index contributed by atoms with van der Waals surface area (Å²) in [5.74, 6) is 1.07. The number of fused-ring (bicyclic) bond motifs is 2. The van der Waals surface area contributed by atoms with Crippen molar-refractivity contribution < 1.29 is 4.79 Å². The summed E-state index contributed by atoms with van der Waals surface area (Å²) >= 11 is 0. The summed E-state index contributed by atoms with van der Waals surface area (Å²) in [5.41, 5.74) is 0.691. The van der Waals surface area contributed by atoms with E-state index in [0.29, 0.717) is 16.9 Å². The van der Waals surface area contributed by atoms with Gasteiger partial charge in [-0.2, -0.15) is 0 Å². The summed E-state index contributed by atoms with van der Waals surface area (Å²) in [5, 5.41) is 3.70. The third kappa shape index (κ3) is 2.38. The molecular weight excluding hydrogens is 248 g/mol. The molecule has 0 radical (unpaired) electrons. The lowest BCUT2D eigenvalue weighted by Crippen LogP contribution is -2.57. The largest absolute Gasteiger partial charge is 0.342 e. The van der Waals surface area contributed by atoms with Crippen LogP contribution >= 0.6 is 0 Å². The summed E-state index contributed by atoms with van der Waals surface area (Å²) in [6.07, 6.45) is 3.99. The zero-order chi connectivity index (χ0) is 15.1. The molecule has 1 amide bonds. The van der Waals surface area contributed by atoms with E-state index in [1.54, 1.807) is 0 Å². The predicted molar refractivity (Wildman–Crippen MR) is 83.5 cm³/mol. The van der Waals surface area contributed by atoms with Gasteiger partial charge in [-0.05, 0) is 56.8 Å². The molecule has 4 atom stereocenters. The summed E-state index contributed by atoms with van der Waals surface area (Å²) in [7, 11) is 0. The molecule has 0 heterocycles. The molecule has 0 saturated heterocycles. The van der Waals surface area contributed by atoms with Gasteiger partial charge in [-0.25, -0.2) is 0 Å². The molecule has 116 valence electrons. The Bertz CT molecular complexity index is 370. The van der Waals surface area contributed by atoms with Crippen LogP contribution in [0.4, 0.5) is 0 Å². The third-order valence-electron chi connectivity index (χ3n) is 6.13. The fraction of sp³-hybridized carbons (Fsp3) is 0.941. The smallest absolute Gasteiger partial charge is 0.239 e. The van der Waals surface area contributed by atoms with E-state index >= 15 is 0 Å². The SMILES string of the molecule is CCN(CC)C(=O)C(C)NC1C(C)(C)[C@H]2CC[C@]1(C)C2. The first-order valence-corrected chi connectivity index (χ1v) is 8.31. The van der Waals surface area contributed by atoms with Crippen molar-refractivity contribution in [2.24, 2.45) is 16.7 Å². The lowest BCUT2D eigenvalue weighted by Gasteiger charge is -2.44. The Morgan fingerprint density at radius 2 is 1.90 bits per heavy atom. The Kier molecular flexibility index (Phi) is 4.21. The minimum absolute atomic E-state index is 0.0737. The van der Waals surface area contributed by atoms with Crippen molar-refractivity contribution in [3.05, 3.63) is 0 Å². The molecule has 2 rings (SSSR count). The van der Waals surface area contributed by atoms with E-state index in [0.717, 1.165) is 19.0 Å². The van der Waals surface area contributed by atoms with Gasteiger partial charge in [0.05, 0.1) is 6.04 Å². The molecule has 0 aromatic heterocycles. The van der Waals surface area contributed by atoms with Crippen LogP contribution in [0, 0.1) is 16.7 Å². The maximum Gasteiger partial charge on any atom is 0.239 e. The van der Waals surface area contributed by atoms with Crippen molar-refractivity contribution in [1.82, 2.24) is 10.2 Å². The number of likely N-dealkylation sites (N-methyl/N-ethyl adjacent to an activating group) is 1. The molecule has 1 N–H and O–H groups in total. The first kappa shape index (κ1) is 15.8. The number of hydrogen-bond acceptors (Lipinski definition) is 2. The first-order valence-electron chi connectivity index (χ1n) is 8.31. The third-order valence-corrected chi connectivity index (χ3v) is 6.13. The molecule has 2 fully saturated rings. The van der Waals surface area contributed by atoms with Gasteiger partial charge in [0.15, 0.2) is 0 Å². The monoisotopic (exact) mass is 280 g/mol. The van der Waals surface area contributed by atoms with Gasteiger partial charge in [-0.15, -0.1) is 0 Å². The van der Waals surface area contributed by atoms with E-state index in [1.165, 1.54) is 19.3 Å². The molecule has 20 heavy (non-hydrogen) atoms. The van der Waals surface area contributed by atoms with E-state index in [-0.39, 0.29) is 11.9 Å². The maximum absolute atomic E-state index is 12.5. The highest BCUT2D eigenvalue weighted by atomic mass is 16.2. The van der Waals surface area contributed by atoms with E-state index < -0.39 is 0 Å². The Balaban J connectivity index is 2.08. The van der Waals surface area contributed by atoms with E-state index in [2.05, 4.69) is 39.9 Å². The van der Waals surface area contributed by atoms with Gasteiger partial charge in [-0.3, -0.25) is 4.79 Å². The Labute approximate surface area is 124 Å². The summed E-state index contributed by atoms with van der Waals surface area (Å²) < 4.78 is 0. The minimum atomic E-state index is -0.0737. The molecule has 0 aromatic carbocycles. The molecule has 3 nitrogen and oxygen atoms in total. The highest BCUT2D eigenvalue weighted by Gasteiger charge is 2.59. The van der Waals surface area contributed by atoms with Gasteiger partial charge in [0.25, 0.3) is 0 Å². The molecule has 0 aromatic rings. The fourth-order valence-electron chi connectivity index (χ4n) is 4.85. The van der Waals surface area contributed by atoms with Crippen molar-refractivity contribution in [3.63, 3.8) is 0 Å². The average Bonchev–Trinajstić information content (AvgIpc) is 2.87. The van der Waals surface area contributed by atoms with Crippen LogP contribution in [-0.2, 0) is 4.79 Å². The highest BCUT2D eigenvalue weighted by molar-refractivity contribution is 5.81. The van der Waals surface area contributed by atoms with E-state index in [1.807, 2.05) is 11.8 Å². The average molecular weight is 280 g/mol. The van der Waals surface area contributed by atoms with Crippen LogP contribution in [0.1, 0.15) is 60.8 Å². The summed E-state index contributed by atoms with van der Waals surface area (Å²) in [6.45, 7) is 14.9. The molecule has 3 heteroatoms. The van der Waals surface area contributed by atoms with Crippen molar-refractivity contribution in [1.29, 1.82) is 0 Å². The molecule has 2 bridgehead atoms. The van der Waals surface area contributed by atoms with Crippen LogP contribution < -0.4 is 5.32 Å². The second-order valence-corrected chi connectivity index (χ2v) is 7.75. The predicted octanol–water partition coefficient (Wildman–Crippen LogP) is 3.05. The second kappa shape index (κ2) is 5.32.